The van der Waals surface area contributed by atoms with E-state index < -0.39 is 17.3 Å². The van der Waals surface area contributed by atoms with E-state index in [1.165, 1.54) is 6.07 Å². The van der Waals surface area contributed by atoms with E-state index in [0.29, 0.717) is 6.54 Å². The summed E-state index contributed by atoms with van der Waals surface area (Å²) in [6.07, 6.45) is 3.93. The number of carboxylic acid groups (broad SMARTS) is 1. The van der Waals surface area contributed by atoms with Gasteiger partial charge < -0.3 is 15.3 Å². The number of aromatic carboxylic acids is 1. The summed E-state index contributed by atoms with van der Waals surface area (Å²) in [4.78, 5) is 24.7. The highest BCUT2D eigenvalue weighted by atomic mass is 19.1. The smallest absolute Gasteiger partial charge is 0.338 e. The highest BCUT2D eigenvalue weighted by Crippen LogP contribution is 2.28. The molecule has 5 nitrogen and oxygen atoms in total. The Bertz CT molecular complexity index is 544. The Balaban J connectivity index is 2.04. The number of unbranched alkanes of at least 4 members (excludes halogenated alkanes) is 1. The molecule has 0 radical (unpaired) electrons. The van der Waals surface area contributed by atoms with E-state index in [0.717, 1.165) is 37.8 Å². The number of rotatable bonds is 6. The lowest BCUT2D eigenvalue weighted by Crippen LogP contribution is -2.37. The first-order valence-corrected chi connectivity index (χ1v) is 7.13. The summed E-state index contributed by atoms with van der Waals surface area (Å²) >= 11 is 0. The maximum absolute atomic E-state index is 13.6. The molecule has 2 amide bonds. The van der Waals surface area contributed by atoms with Gasteiger partial charge in [0, 0.05) is 18.3 Å². The van der Waals surface area contributed by atoms with Gasteiger partial charge in [-0.05, 0) is 37.5 Å². The molecule has 0 spiro atoms. The third-order valence-electron chi connectivity index (χ3n) is 3.45. The number of carboxylic acids is 1. The van der Waals surface area contributed by atoms with Gasteiger partial charge >= 0.3 is 12.0 Å². The Morgan fingerprint density at radius 2 is 2.14 bits per heavy atom. The Kier molecular flexibility index (Phi) is 4.77. The van der Waals surface area contributed by atoms with Gasteiger partial charge in [-0.2, -0.15) is 0 Å². The predicted molar refractivity (Wildman–Crippen MR) is 77.0 cm³/mol. The van der Waals surface area contributed by atoms with Gasteiger partial charge in [0.1, 0.15) is 5.82 Å². The van der Waals surface area contributed by atoms with Crippen LogP contribution in [-0.4, -0.2) is 34.6 Å². The minimum atomic E-state index is -1.33. The molecule has 0 saturated heterocycles. The van der Waals surface area contributed by atoms with E-state index in [-0.39, 0.29) is 17.8 Å². The topological polar surface area (TPSA) is 69.6 Å². The first kappa shape index (κ1) is 15.3. The molecule has 1 aromatic rings. The van der Waals surface area contributed by atoms with Gasteiger partial charge in [0.05, 0.1) is 5.56 Å². The Hall–Kier alpha value is -2.11. The lowest BCUT2D eigenvalue weighted by molar-refractivity contribution is 0.0692. The van der Waals surface area contributed by atoms with Gasteiger partial charge in [-0.25, -0.2) is 14.0 Å². The zero-order chi connectivity index (χ0) is 15.4. The third-order valence-corrected chi connectivity index (χ3v) is 3.45. The van der Waals surface area contributed by atoms with Gasteiger partial charge in [-0.3, -0.25) is 0 Å². The molecule has 1 saturated carbocycles. The fourth-order valence-corrected chi connectivity index (χ4v) is 2.13. The van der Waals surface area contributed by atoms with Gasteiger partial charge in [0.25, 0.3) is 0 Å². The summed E-state index contributed by atoms with van der Waals surface area (Å²) in [6.45, 7) is 2.74. The molecule has 2 N–H and O–H groups in total. The normalized spacial score (nSPS) is 13.8. The van der Waals surface area contributed by atoms with Crippen LogP contribution in [0.1, 0.15) is 43.0 Å². The standard InChI is InChI=1S/C15H19FN2O3/c1-2-3-8-18(11-5-6-11)15(21)17-10-4-7-12(14(19)20)13(16)9-10/h4,7,9,11H,2-3,5-6,8H2,1H3,(H,17,21)(H,19,20). The molecule has 1 fully saturated rings. The van der Waals surface area contributed by atoms with E-state index in [1.54, 1.807) is 4.90 Å². The van der Waals surface area contributed by atoms with Crippen LogP contribution in [0.5, 0.6) is 0 Å². The van der Waals surface area contributed by atoms with Crippen molar-refractivity contribution < 1.29 is 19.1 Å². The Morgan fingerprint density at radius 3 is 2.67 bits per heavy atom. The van der Waals surface area contributed by atoms with E-state index in [2.05, 4.69) is 12.2 Å². The minimum absolute atomic E-state index is 0.256. The molecule has 0 aliphatic heterocycles. The molecule has 1 aliphatic carbocycles. The first-order chi connectivity index (χ1) is 10.0. The maximum atomic E-state index is 13.6. The summed E-state index contributed by atoms with van der Waals surface area (Å²) in [5.41, 5.74) is -0.136. The number of urea groups is 1. The van der Waals surface area contributed by atoms with E-state index in [9.17, 15) is 14.0 Å². The fraction of sp³-hybridized carbons (Fsp3) is 0.467. The monoisotopic (exact) mass is 294 g/mol. The molecular formula is C15H19FN2O3. The number of hydrogen-bond donors (Lipinski definition) is 2. The van der Waals surface area contributed by atoms with Crippen LogP contribution in [0.4, 0.5) is 14.9 Å². The number of hydrogen-bond acceptors (Lipinski definition) is 2. The number of halogens is 1. The molecule has 0 bridgehead atoms. The van der Waals surface area contributed by atoms with Crippen molar-refractivity contribution in [2.24, 2.45) is 0 Å². The van der Waals surface area contributed by atoms with Crippen LogP contribution in [0.3, 0.4) is 0 Å². The second-order valence-corrected chi connectivity index (χ2v) is 5.21. The fourth-order valence-electron chi connectivity index (χ4n) is 2.13. The molecule has 2 rings (SSSR count). The number of benzene rings is 1. The van der Waals surface area contributed by atoms with Crippen molar-refractivity contribution in [3.05, 3.63) is 29.6 Å². The number of carbonyl (C=O) groups is 2. The molecule has 114 valence electrons. The number of anilines is 1. The maximum Gasteiger partial charge on any atom is 0.338 e. The molecule has 0 aromatic heterocycles. The number of carbonyl (C=O) groups excluding carboxylic acids is 1. The highest BCUT2D eigenvalue weighted by Gasteiger charge is 2.32. The van der Waals surface area contributed by atoms with Gasteiger partial charge in [0.15, 0.2) is 0 Å². The molecule has 1 aliphatic rings. The second-order valence-electron chi connectivity index (χ2n) is 5.21. The van der Waals surface area contributed by atoms with Crippen molar-refractivity contribution in [2.75, 3.05) is 11.9 Å². The first-order valence-electron chi connectivity index (χ1n) is 7.13. The Labute approximate surface area is 122 Å². The van der Waals surface area contributed by atoms with Crippen LogP contribution in [0.2, 0.25) is 0 Å². The van der Waals surface area contributed by atoms with Crippen molar-refractivity contribution in [1.82, 2.24) is 4.90 Å². The molecular weight excluding hydrogens is 275 g/mol. The highest BCUT2D eigenvalue weighted by molar-refractivity contribution is 5.92. The Morgan fingerprint density at radius 1 is 1.43 bits per heavy atom. The van der Waals surface area contributed by atoms with E-state index >= 15 is 0 Å². The van der Waals surface area contributed by atoms with Gasteiger partial charge in [-0.1, -0.05) is 13.3 Å². The largest absolute Gasteiger partial charge is 0.478 e. The summed E-state index contributed by atoms with van der Waals surface area (Å²) in [5.74, 6) is -2.18. The van der Waals surface area contributed by atoms with Crippen LogP contribution < -0.4 is 5.32 Å². The van der Waals surface area contributed by atoms with Crippen LogP contribution in [-0.2, 0) is 0 Å². The van der Waals surface area contributed by atoms with Crippen molar-refractivity contribution >= 4 is 17.7 Å². The quantitative estimate of drug-likeness (QED) is 0.845. The van der Waals surface area contributed by atoms with Crippen LogP contribution in [0.25, 0.3) is 0 Å². The zero-order valence-electron chi connectivity index (χ0n) is 11.9. The lowest BCUT2D eigenvalue weighted by atomic mass is 10.2. The van der Waals surface area contributed by atoms with E-state index in [1.807, 2.05) is 0 Å². The summed E-state index contributed by atoms with van der Waals surface area (Å²) in [6, 6.07) is 3.61. The summed E-state index contributed by atoms with van der Waals surface area (Å²) in [7, 11) is 0. The van der Waals surface area contributed by atoms with Gasteiger partial charge in [0.2, 0.25) is 0 Å². The third kappa shape index (κ3) is 3.93. The van der Waals surface area contributed by atoms with Crippen molar-refractivity contribution in [2.45, 2.75) is 38.6 Å². The van der Waals surface area contributed by atoms with E-state index in [4.69, 9.17) is 5.11 Å². The molecule has 1 aromatic carbocycles. The van der Waals surface area contributed by atoms with Crippen LogP contribution >= 0.6 is 0 Å². The van der Waals surface area contributed by atoms with Gasteiger partial charge in [-0.15, -0.1) is 0 Å². The van der Waals surface area contributed by atoms with Crippen molar-refractivity contribution in [1.29, 1.82) is 0 Å². The molecule has 0 unspecified atom stereocenters. The van der Waals surface area contributed by atoms with Crippen LogP contribution in [0, 0.1) is 5.82 Å². The molecule has 0 atom stereocenters. The predicted octanol–water partition coefficient (Wildman–Crippen LogP) is 3.32. The second kappa shape index (κ2) is 6.56. The minimum Gasteiger partial charge on any atom is -0.478 e. The average molecular weight is 294 g/mol. The number of nitrogens with one attached hydrogen (secondary N) is 1. The zero-order valence-corrected chi connectivity index (χ0v) is 11.9. The van der Waals surface area contributed by atoms with Crippen LogP contribution in [0.15, 0.2) is 18.2 Å². The molecule has 21 heavy (non-hydrogen) atoms. The average Bonchev–Trinajstić information content (AvgIpc) is 3.23. The number of amides is 2. The lowest BCUT2D eigenvalue weighted by Gasteiger charge is -2.22. The SMILES string of the molecule is CCCCN(C(=O)Nc1ccc(C(=O)O)c(F)c1)C1CC1. The molecule has 0 heterocycles. The summed E-state index contributed by atoms with van der Waals surface area (Å²) in [5, 5.41) is 11.4. The summed E-state index contributed by atoms with van der Waals surface area (Å²) < 4.78 is 13.6. The number of nitrogens with zero attached hydrogens (tertiary/aromatic N) is 1. The van der Waals surface area contributed by atoms with Crippen molar-refractivity contribution in [3.63, 3.8) is 0 Å². The van der Waals surface area contributed by atoms with Crippen molar-refractivity contribution in [3.8, 4) is 0 Å². The molecule has 6 heteroatoms.